The van der Waals surface area contributed by atoms with E-state index >= 15 is 0 Å². The number of ether oxygens (including phenoxy) is 2. The molecule has 3 aliphatic heterocycles. The number of fused-ring (bicyclic) bond motifs is 1. The summed E-state index contributed by atoms with van der Waals surface area (Å²) in [5, 5.41) is 6.67. The molecule has 4 heterocycles. The molecule has 0 bridgehead atoms. The van der Waals surface area contributed by atoms with Crippen LogP contribution in [0, 0.1) is 6.92 Å². The molecule has 15 heteroatoms. The molecule has 2 N–H and O–H groups in total. The molecule has 6 rings (SSSR count). The van der Waals surface area contributed by atoms with E-state index in [4.69, 9.17) is 21.1 Å². The Morgan fingerprint density at radius 1 is 1.09 bits per heavy atom. The lowest BCUT2D eigenvalue weighted by Crippen LogP contribution is -2.49. The van der Waals surface area contributed by atoms with Crippen molar-refractivity contribution in [3.63, 3.8) is 0 Å². The van der Waals surface area contributed by atoms with Crippen molar-refractivity contribution >= 4 is 56.1 Å². The Balaban J connectivity index is 1.19. The monoisotopic (exact) mass is 691 g/mol. The normalized spacial score (nSPS) is 18.4. The van der Waals surface area contributed by atoms with E-state index in [2.05, 4.69) is 30.4 Å². The number of hydrogen-bond acceptors (Lipinski definition) is 10. The number of aryl methyl sites for hydroxylation is 1. The van der Waals surface area contributed by atoms with Gasteiger partial charge in [-0.05, 0) is 43.0 Å². The van der Waals surface area contributed by atoms with E-state index < -0.39 is 15.9 Å². The first-order valence-electron chi connectivity index (χ1n) is 15.7. The summed E-state index contributed by atoms with van der Waals surface area (Å²) >= 11 is 6.51. The van der Waals surface area contributed by atoms with Gasteiger partial charge in [-0.3, -0.25) is 9.21 Å². The lowest BCUT2D eigenvalue weighted by molar-refractivity contribution is -0.0646. The van der Waals surface area contributed by atoms with Gasteiger partial charge in [0, 0.05) is 76.4 Å². The van der Waals surface area contributed by atoms with Crippen LogP contribution in [0.15, 0.2) is 30.5 Å². The van der Waals surface area contributed by atoms with Gasteiger partial charge >= 0.3 is 0 Å². The van der Waals surface area contributed by atoms with Crippen molar-refractivity contribution in [3.8, 4) is 11.5 Å². The van der Waals surface area contributed by atoms with E-state index in [1.54, 1.807) is 19.2 Å². The molecule has 47 heavy (non-hydrogen) atoms. The van der Waals surface area contributed by atoms with E-state index in [1.165, 1.54) is 17.5 Å². The van der Waals surface area contributed by atoms with Crippen molar-refractivity contribution in [3.05, 3.63) is 46.6 Å². The second-order valence-corrected chi connectivity index (χ2v) is 14.8. The minimum absolute atomic E-state index is 0.0581. The first kappa shape index (κ1) is 33.3. The third-order valence-corrected chi connectivity index (χ3v) is 10.7. The molecule has 0 saturated carbocycles. The van der Waals surface area contributed by atoms with Crippen molar-refractivity contribution in [2.75, 3.05) is 73.0 Å². The maximum atomic E-state index is 13.7. The highest BCUT2D eigenvalue weighted by Gasteiger charge is 2.37. The van der Waals surface area contributed by atoms with Gasteiger partial charge in [-0.25, -0.2) is 22.2 Å². The summed E-state index contributed by atoms with van der Waals surface area (Å²) in [6.07, 6.45) is 5.01. The highest BCUT2D eigenvalue weighted by Crippen LogP contribution is 2.40. The van der Waals surface area contributed by atoms with Crippen LogP contribution in [0.25, 0.3) is 0 Å². The molecule has 3 aromatic rings. The molecule has 2 fully saturated rings. The number of anilines is 6. The first-order valence-corrected chi connectivity index (χ1v) is 17.9. The molecule has 11 nitrogen and oxygen atoms in total. The van der Waals surface area contributed by atoms with E-state index in [9.17, 15) is 17.2 Å². The Morgan fingerprint density at radius 2 is 1.81 bits per heavy atom. The van der Waals surface area contributed by atoms with Crippen molar-refractivity contribution in [2.45, 2.75) is 51.0 Å². The van der Waals surface area contributed by atoms with Crippen molar-refractivity contribution < 1.29 is 26.7 Å². The number of aromatic nitrogens is 2. The Kier molecular flexibility index (Phi) is 9.29. The first-order chi connectivity index (χ1) is 22.3. The SMILES string of the molecule is COc1cc(N2CCC(N3CCC(F)(F)CC3)CC2)c(C)cc1Nc1ncc(Cl)c(Nc2cc3c(cc2N(C)S(C)(=O)=O)CCO3)n1. The maximum absolute atomic E-state index is 13.7. The van der Waals surface area contributed by atoms with Crippen LogP contribution in [0.1, 0.15) is 36.8 Å². The van der Waals surface area contributed by atoms with Crippen LogP contribution in [-0.2, 0) is 16.4 Å². The van der Waals surface area contributed by atoms with Crippen LogP contribution >= 0.6 is 11.6 Å². The van der Waals surface area contributed by atoms with Gasteiger partial charge in [-0.1, -0.05) is 11.6 Å². The Hall–Kier alpha value is -3.62. The zero-order valence-corrected chi connectivity index (χ0v) is 28.5. The Labute approximate surface area is 279 Å². The summed E-state index contributed by atoms with van der Waals surface area (Å²) in [7, 11) is -0.460. The molecule has 0 unspecified atom stereocenters. The Morgan fingerprint density at radius 3 is 2.49 bits per heavy atom. The predicted octanol–water partition coefficient (Wildman–Crippen LogP) is 5.96. The lowest BCUT2D eigenvalue weighted by atomic mass is 9.97. The number of methoxy groups -OCH3 is 1. The maximum Gasteiger partial charge on any atom is 0.250 e. The van der Waals surface area contributed by atoms with Crippen molar-refractivity contribution in [2.24, 2.45) is 0 Å². The van der Waals surface area contributed by atoms with Crippen molar-refractivity contribution in [1.82, 2.24) is 14.9 Å². The summed E-state index contributed by atoms with van der Waals surface area (Å²) in [6.45, 7) is 5.11. The lowest BCUT2D eigenvalue weighted by Gasteiger charge is -2.42. The van der Waals surface area contributed by atoms with E-state index in [-0.39, 0.29) is 29.6 Å². The molecule has 2 saturated heterocycles. The summed E-state index contributed by atoms with van der Waals surface area (Å²) in [5.74, 6) is -0.731. The third kappa shape index (κ3) is 7.29. The molecule has 0 spiro atoms. The molecular weight excluding hydrogens is 652 g/mol. The molecular formula is C32H40ClF2N7O4S. The summed E-state index contributed by atoms with van der Waals surface area (Å²) in [5.41, 5.74) is 4.57. The number of likely N-dealkylation sites (tertiary alicyclic amines) is 1. The fourth-order valence-electron chi connectivity index (χ4n) is 6.49. The number of piperidine rings is 2. The molecule has 0 atom stereocenters. The van der Waals surface area contributed by atoms with E-state index in [1.807, 2.05) is 19.1 Å². The smallest absolute Gasteiger partial charge is 0.250 e. The summed E-state index contributed by atoms with van der Waals surface area (Å²) in [4.78, 5) is 13.5. The zero-order chi connectivity index (χ0) is 33.5. The van der Waals surface area contributed by atoms with Crippen molar-refractivity contribution in [1.29, 1.82) is 0 Å². The highest BCUT2D eigenvalue weighted by atomic mass is 35.5. The van der Waals surface area contributed by atoms with Crippen LogP contribution in [0.4, 0.5) is 43.3 Å². The number of hydrogen-bond donors (Lipinski definition) is 2. The number of rotatable bonds is 9. The van der Waals surface area contributed by atoms with Gasteiger partial charge in [-0.2, -0.15) is 4.98 Å². The standard InChI is InChI=1S/C32H40ClF2N7O4S/c1-20-15-25(29(45-3)18-26(20)42-10-5-22(6-11-42)41-12-8-32(34,35)9-13-41)38-31-36-19-23(33)30(39-31)37-24-17-28-21(7-14-46-28)16-27(24)40(2)47(4,43)44/h15-19,22H,5-14H2,1-4H3,(H2,36,37,38,39). The highest BCUT2D eigenvalue weighted by molar-refractivity contribution is 7.92. The molecule has 2 aromatic carbocycles. The summed E-state index contributed by atoms with van der Waals surface area (Å²) < 4.78 is 64.9. The van der Waals surface area contributed by atoms with Crippen LogP contribution in [-0.4, -0.2) is 88.4 Å². The van der Waals surface area contributed by atoms with Gasteiger partial charge in [-0.15, -0.1) is 0 Å². The molecule has 1 aromatic heterocycles. The average molecular weight is 692 g/mol. The third-order valence-electron chi connectivity index (χ3n) is 9.26. The quantitative estimate of drug-likeness (QED) is 0.279. The molecule has 254 valence electrons. The van der Waals surface area contributed by atoms with Crippen LogP contribution in [0.3, 0.4) is 0 Å². The van der Waals surface area contributed by atoms with E-state index in [0.717, 1.165) is 49.0 Å². The number of sulfonamides is 1. The minimum Gasteiger partial charge on any atom is -0.494 e. The van der Waals surface area contributed by atoms with Gasteiger partial charge in [0.25, 0.3) is 5.92 Å². The molecule has 3 aliphatic rings. The molecule has 0 aliphatic carbocycles. The fraction of sp³-hybridized carbons (Fsp3) is 0.500. The number of nitrogens with zero attached hydrogens (tertiary/aromatic N) is 5. The van der Waals surface area contributed by atoms with Gasteiger partial charge in [0.15, 0.2) is 5.82 Å². The summed E-state index contributed by atoms with van der Waals surface area (Å²) in [6, 6.07) is 7.85. The van der Waals surface area contributed by atoms with Crippen LogP contribution in [0.5, 0.6) is 11.5 Å². The minimum atomic E-state index is -3.55. The topological polar surface area (TPSA) is 112 Å². The molecule has 0 amide bonds. The average Bonchev–Trinajstić information content (AvgIpc) is 3.49. The number of halogens is 3. The van der Waals surface area contributed by atoms with Gasteiger partial charge < -0.3 is 25.0 Å². The number of benzene rings is 2. The predicted molar refractivity (Wildman–Crippen MR) is 181 cm³/mol. The van der Waals surface area contributed by atoms with E-state index in [0.29, 0.717) is 60.7 Å². The Bertz CT molecular complexity index is 1750. The zero-order valence-electron chi connectivity index (χ0n) is 26.9. The number of nitrogens with one attached hydrogen (secondary N) is 2. The largest absolute Gasteiger partial charge is 0.494 e. The second-order valence-electron chi connectivity index (χ2n) is 12.4. The fourth-order valence-corrected chi connectivity index (χ4v) is 7.13. The van der Waals surface area contributed by atoms with Crippen LogP contribution < -0.4 is 29.3 Å². The van der Waals surface area contributed by atoms with Gasteiger partial charge in [0.1, 0.15) is 16.5 Å². The van der Waals surface area contributed by atoms with Gasteiger partial charge in [0.2, 0.25) is 16.0 Å². The molecule has 0 radical (unpaired) electrons. The van der Waals surface area contributed by atoms with Crippen LogP contribution in [0.2, 0.25) is 5.02 Å². The van der Waals surface area contributed by atoms with Gasteiger partial charge in [0.05, 0.1) is 43.2 Å². The number of alkyl halides is 2. The second kappa shape index (κ2) is 13.1.